The van der Waals surface area contributed by atoms with Gasteiger partial charge >= 0.3 is 0 Å². The van der Waals surface area contributed by atoms with Crippen molar-refractivity contribution < 1.29 is 4.79 Å². The van der Waals surface area contributed by atoms with E-state index in [1.54, 1.807) is 12.4 Å². The molecule has 0 saturated carbocycles. The van der Waals surface area contributed by atoms with Gasteiger partial charge in [-0.25, -0.2) is 4.68 Å². The molecule has 0 saturated heterocycles. The number of aromatic nitrogens is 5. The van der Waals surface area contributed by atoms with Gasteiger partial charge in [0, 0.05) is 12.4 Å². The number of amides is 1. The van der Waals surface area contributed by atoms with Crippen molar-refractivity contribution >= 4 is 5.91 Å². The van der Waals surface area contributed by atoms with Crippen molar-refractivity contribution in [1.82, 2.24) is 30.5 Å². The minimum Gasteiger partial charge on any atom is -0.348 e. The third kappa shape index (κ3) is 3.07. The number of hydrogen-bond donors (Lipinski definition) is 1. The zero-order valence-electron chi connectivity index (χ0n) is 9.32. The Morgan fingerprint density at radius 1 is 1.59 bits per heavy atom. The second-order valence-corrected chi connectivity index (χ2v) is 3.58. The molecule has 1 N–H and O–H groups in total. The van der Waals surface area contributed by atoms with Crippen LogP contribution in [-0.2, 0) is 11.3 Å². The highest BCUT2D eigenvalue weighted by Gasteiger charge is 2.10. The molecule has 0 aliphatic rings. The highest BCUT2D eigenvalue weighted by atomic mass is 16.2. The zero-order chi connectivity index (χ0) is 12.1. The summed E-state index contributed by atoms with van der Waals surface area (Å²) in [4.78, 5) is 15.6. The van der Waals surface area contributed by atoms with Crippen LogP contribution >= 0.6 is 0 Å². The highest BCUT2D eigenvalue weighted by Crippen LogP contribution is 2.09. The number of hydrogen-bond acceptors (Lipinski definition) is 5. The molecule has 2 rings (SSSR count). The van der Waals surface area contributed by atoms with E-state index in [-0.39, 0.29) is 18.5 Å². The molecule has 0 spiro atoms. The van der Waals surface area contributed by atoms with E-state index in [0.717, 1.165) is 5.56 Å². The molecule has 0 radical (unpaired) electrons. The lowest BCUT2D eigenvalue weighted by atomic mass is 10.1. The smallest absolute Gasteiger partial charge is 0.242 e. The maximum Gasteiger partial charge on any atom is 0.242 e. The molecule has 2 aromatic heterocycles. The molecule has 0 aliphatic heterocycles. The summed E-state index contributed by atoms with van der Waals surface area (Å²) >= 11 is 0. The molecule has 0 fully saturated rings. The first-order chi connectivity index (χ1) is 8.25. The van der Waals surface area contributed by atoms with E-state index in [9.17, 15) is 4.79 Å². The van der Waals surface area contributed by atoms with Crippen LogP contribution < -0.4 is 5.32 Å². The molecule has 7 heteroatoms. The first-order valence-corrected chi connectivity index (χ1v) is 5.16. The number of pyridine rings is 1. The average molecular weight is 232 g/mol. The predicted octanol–water partition coefficient (Wildman–Crippen LogP) is -0.0545. The first-order valence-electron chi connectivity index (χ1n) is 5.16. The maximum absolute atomic E-state index is 11.6. The summed E-state index contributed by atoms with van der Waals surface area (Å²) in [6.45, 7) is 2.01. The Labute approximate surface area is 97.9 Å². The van der Waals surface area contributed by atoms with Crippen LogP contribution in [0.25, 0.3) is 0 Å². The Balaban J connectivity index is 1.91. The predicted molar refractivity (Wildman–Crippen MR) is 58.6 cm³/mol. The summed E-state index contributed by atoms with van der Waals surface area (Å²) < 4.78 is 1.37. The van der Waals surface area contributed by atoms with Crippen LogP contribution in [0.15, 0.2) is 30.9 Å². The van der Waals surface area contributed by atoms with E-state index in [1.165, 1.54) is 11.0 Å². The van der Waals surface area contributed by atoms with Crippen LogP contribution in [0.3, 0.4) is 0 Å². The largest absolute Gasteiger partial charge is 0.348 e. The van der Waals surface area contributed by atoms with Gasteiger partial charge in [0.15, 0.2) is 0 Å². The van der Waals surface area contributed by atoms with Gasteiger partial charge < -0.3 is 5.32 Å². The summed E-state index contributed by atoms with van der Waals surface area (Å²) in [5.41, 5.74) is 0.956. The van der Waals surface area contributed by atoms with Crippen LogP contribution in [0, 0.1) is 0 Å². The summed E-state index contributed by atoms with van der Waals surface area (Å²) in [5.74, 6) is -0.145. The molecule has 0 aromatic carbocycles. The average Bonchev–Trinajstić information content (AvgIpc) is 2.82. The van der Waals surface area contributed by atoms with Gasteiger partial charge in [-0.3, -0.25) is 9.78 Å². The van der Waals surface area contributed by atoms with Crippen molar-refractivity contribution in [3.63, 3.8) is 0 Å². The Morgan fingerprint density at radius 3 is 3.12 bits per heavy atom. The van der Waals surface area contributed by atoms with Gasteiger partial charge in [-0.2, -0.15) is 0 Å². The molecule has 0 bridgehead atoms. The summed E-state index contributed by atoms with van der Waals surface area (Å²) in [6.07, 6.45) is 4.81. The molecule has 1 atom stereocenters. The van der Waals surface area contributed by atoms with E-state index in [4.69, 9.17) is 0 Å². The Hall–Kier alpha value is -2.31. The van der Waals surface area contributed by atoms with Gasteiger partial charge in [0.2, 0.25) is 5.91 Å². The Bertz CT molecular complexity index is 469. The van der Waals surface area contributed by atoms with Gasteiger partial charge in [-0.15, -0.1) is 5.10 Å². The fourth-order valence-corrected chi connectivity index (χ4v) is 1.40. The van der Waals surface area contributed by atoms with E-state index >= 15 is 0 Å². The quantitative estimate of drug-likeness (QED) is 0.798. The molecule has 7 nitrogen and oxygen atoms in total. The lowest BCUT2D eigenvalue weighted by Crippen LogP contribution is -2.30. The van der Waals surface area contributed by atoms with Gasteiger partial charge in [-0.05, 0) is 29.0 Å². The molecule has 2 heterocycles. The van der Waals surface area contributed by atoms with Crippen molar-refractivity contribution in [3.8, 4) is 0 Å². The fourth-order valence-electron chi connectivity index (χ4n) is 1.40. The molecule has 0 aliphatic carbocycles. The Kier molecular flexibility index (Phi) is 3.39. The molecule has 1 unspecified atom stereocenters. The fraction of sp³-hybridized carbons (Fsp3) is 0.300. The molecular formula is C10H12N6O. The van der Waals surface area contributed by atoms with Crippen molar-refractivity contribution in [2.45, 2.75) is 19.5 Å². The minimum atomic E-state index is -0.145. The van der Waals surface area contributed by atoms with Crippen LogP contribution in [0.1, 0.15) is 18.5 Å². The van der Waals surface area contributed by atoms with Gasteiger partial charge in [0.25, 0.3) is 0 Å². The number of tetrazole rings is 1. The number of carbonyl (C=O) groups excluding carboxylic acids is 1. The van der Waals surface area contributed by atoms with Crippen LogP contribution in [0.4, 0.5) is 0 Å². The SMILES string of the molecule is CC(NC(=O)Cn1cnnn1)c1cccnc1. The van der Waals surface area contributed by atoms with Gasteiger partial charge in [0.1, 0.15) is 12.9 Å². The molecule has 17 heavy (non-hydrogen) atoms. The Morgan fingerprint density at radius 2 is 2.47 bits per heavy atom. The van der Waals surface area contributed by atoms with Crippen LogP contribution in [-0.4, -0.2) is 31.1 Å². The monoisotopic (exact) mass is 232 g/mol. The van der Waals surface area contributed by atoms with Crippen molar-refractivity contribution in [2.75, 3.05) is 0 Å². The van der Waals surface area contributed by atoms with Crippen molar-refractivity contribution in [1.29, 1.82) is 0 Å². The maximum atomic E-state index is 11.6. The number of nitrogens with zero attached hydrogens (tertiary/aromatic N) is 5. The summed E-state index contributed by atoms with van der Waals surface area (Å²) in [7, 11) is 0. The minimum absolute atomic E-state index is 0.0901. The molecule has 2 aromatic rings. The van der Waals surface area contributed by atoms with Crippen molar-refractivity contribution in [2.24, 2.45) is 0 Å². The standard InChI is InChI=1S/C10H12N6O/c1-8(9-3-2-4-11-5-9)13-10(17)6-16-7-12-14-15-16/h2-5,7-8H,6H2,1H3,(H,13,17). The van der Waals surface area contributed by atoms with E-state index in [2.05, 4.69) is 25.8 Å². The number of rotatable bonds is 4. The molecule has 1 amide bonds. The first kappa shape index (κ1) is 11.2. The topological polar surface area (TPSA) is 85.6 Å². The normalized spacial score (nSPS) is 12.1. The summed E-state index contributed by atoms with van der Waals surface area (Å²) in [5, 5.41) is 13.4. The lowest BCUT2D eigenvalue weighted by molar-refractivity contribution is -0.122. The van der Waals surface area contributed by atoms with E-state index < -0.39 is 0 Å². The van der Waals surface area contributed by atoms with Crippen LogP contribution in [0.5, 0.6) is 0 Å². The number of nitrogens with one attached hydrogen (secondary N) is 1. The third-order valence-corrected chi connectivity index (χ3v) is 2.26. The molecular weight excluding hydrogens is 220 g/mol. The van der Waals surface area contributed by atoms with Gasteiger partial charge in [-0.1, -0.05) is 6.07 Å². The van der Waals surface area contributed by atoms with E-state index in [1.807, 2.05) is 19.1 Å². The second-order valence-electron chi connectivity index (χ2n) is 3.58. The number of carbonyl (C=O) groups is 1. The van der Waals surface area contributed by atoms with Crippen LogP contribution in [0.2, 0.25) is 0 Å². The molecule has 88 valence electrons. The zero-order valence-corrected chi connectivity index (χ0v) is 9.32. The van der Waals surface area contributed by atoms with Crippen molar-refractivity contribution in [3.05, 3.63) is 36.4 Å². The van der Waals surface area contributed by atoms with Gasteiger partial charge in [0.05, 0.1) is 6.04 Å². The highest BCUT2D eigenvalue weighted by molar-refractivity contribution is 5.76. The van der Waals surface area contributed by atoms with E-state index in [0.29, 0.717) is 0 Å². The lowest BCUT2D eigenvalue weighted by Gasteiger charge is -2.13. The third-order valence-electron chi connectivity index (χ3n) is 2.26. The summed E-state index contributed by atoms with van der Waals surface area (Å²) in [6, 6.07) is 3.65. The second kappa shape index (κ2) is 5.15.